The van der Waals surface area contributed by atoms with E-state index in [9.17, 15) is 14.7 Å². The molecule has 4 heteroatoms. The first kappa shape index (κ1) is 20.4. The molecular formula is C26H29NO3. The van der Waals surface area contributed by atoms with E-state index in [2.05, 4.69) is 6.08 Å². The summed E-state index contributed by atoms with van der Waals surface area (Å²) in [5, 5.41) is 9.80. The van der Waals surface area contributed by atoms with Gasteiger partial charge in [-0.05, 0) is 73.3 Å². The van der Waals surface area contributed by atoms with Gasteiger partial charge in [0.1, 0.15) is 0 Å². The number of allylic oxidation sites excluding steroid dienone is 2. The Morgan fingerprint density at radius 1 is 0.933 bits per heavy atom. The van der Waals surface area contributed by atoms with Crippen LogP contribution in [0.15, 0.2) is 42.5 Å². The normalized spacial score (nSPS) is 17.4. The van der Waals surface area contributed by atoms with Gasteiger partial charge in [0.2, 0.25) is 0 Å². The smallest absolute Gasteiger partial charge is 0.336 e. The van der Waals surface area contributed by atoms with E-state index in [4.69, 9.17) is 5.73 Å². The number of hydrogen-bond acceptors (Lipinski definition) is 3. The number of anilines is 1. The topological polar surface area (TPSA) is 80.4 Å². The van der Waals surface area contributed by atoms with E-state index >= 15 is 0 Å². The number of benzene rings is 2. The molecule has 2 aromatic rings. The third-order valence-corrected chi connectivity index (χ3v) is 6.54. The maximum absolute atomic E-state index is 13.2. The Bertz CT molecular complexity index is 982. The average molecular weight is 404 g/mol. The van der Waals surface area contributed by atoms with Crippen LogP contribution in [0.2, 0.25) is 0 Å². The lowest BCUT2D eigenvalue weighted by atomic mass is 9.83. The second kappa shape index (κ2) is 8.86. The van der Waals surface area contributed by atoms with E-state index in [1.54, 1.807) is 12.1 Å². The van der Waals surface area contributed by atoms with Gasteiger partial charge >= 0.3 is 5.97 Å². The Morgan fingerprint density at radius 2 is 1.67 bits per heavy atom. The lowest BCUT2D eigenvalue weighted by Gasteiger charge is -2.22. The highest BCUT2D eigenvalue weighted by atomic mass is 16.4. The van der Waals surface area contributed by atoms with Crippen LogP contribution in [0.1, 0.15) is 101 Å². The van der Waals surface area contributed by atoms with Crippen LogP contribution < -0.4 is 5.73 Å². The van der Waals surface area contributed by atoms with Crippen LogP contribution in [0.4, 0.5) is 5.69 Å². The molecule has 1 fully saturated rings. The lowest BCUT2D eigenvalue weighted by Crippen LogP contribution is -2.14. The molecule has 156 valence electrons. The lowest BCUT2D eigenvalue weighted by molar-refractivity contribution is 0.0693. The molecule has 0 bridgehead atoms. The minimum atomic E-state index is -1.12. The number of carboxylic acids is 1. The van der Waals surface area contributed by atoms with Crippen molar-refractivity contribution < 1.29 is 14.7 Å². The van der Waals surface area contributed by atoms with E-state index in [1.165, 1.54) is 37.7 Å². The number of aromatic carboxylic acids is 1. The third-order valence-electron chi connectivity index (χ3n) is 6.54. The minimum Gasteiger partial charge on any atom is -0.478 e. The second-order valence-corrected chi connectivity index (χ2v) is 8.55. The number of ketones is 1. The highest BCUT2D eigenvalue weighted by Gasteiger charge is 2.24. The second-order valence-electron chi connectivity index (χ2n) is 8.55. The molecule has 0 saturated heterocycles. The van der Waals surface area contributed by atoms with Gasteiger partial charge in [0.05, 0.1) is 11.1 Å². The van der Waals surface area contributed by atoms with E-state index < -0.39 is 5.97 Å². The van der Waals surface area contributed by atoms with Crippen LogP contribution in [-0.2, 0) is 0 Å². The molecule has 2 aliphatic rings. The molecule has 4 rings (SSSR count). The molecule has 0 aromatic heterocycles. The molecule has 0 heterocycles. The molecule has 2 aromatic carbocycles. The summed E-state index contributed by atoms with van der Waals surface area (Å²) < 4.78 is 0. The number of hydrogen-bond donors (Lipinski definition) is 2. The van der Waals surface area contributed by atoms with Crippen molar-refractivity contribution in [1.82, 2.24) is 0 Å². The summed E-state index contributed by atoms with van der Waals surface area (Å²) in [5.74, 6) is -0.892. The highest BCUT2D eigenvalue weighted by molar-refractivity contribution is 6.17. The first-order chi connectivity index (χ1) is 14.5. The van der Waals surface area contributed by atoms with Crippen LogP contribution in [-0.4, -0.2) is 16.9 Å². The first-order valence-electron chi connectivity index (χ1n) is 11.1. The number of nitrogen functional groups attached to an aromatic ring is 1. The molecule has 0 unspecified atom stereocenters. The number of carbonyl (C=O) groups is 2. The van der Waals surface area contributed by atoms with Crippen molar-refractivity contribution in [2.45, 2.75) is 63.7 Å². The standard InChI is InChI=1S/C26H29NO3/c27-23-16-21(18-9-5-2-6-10-18)15-22(26(29)30)24(23)25(28)20-13-11-19(12-14-20)17-7-3-1-4-8-17/h9,11-17H,1-8,10,27H2,(H,29,30). The summed E-state index contributed by atoms with van der Waals surface area (Å²) in [5.41, 5.74) is 10.2. The molecule has 0 spiro atoms. The fraction of sp³-hybridized carbons (Fsp3) is 0.385. The Balaban J connectivity index is 1.66. The van der Waals surface area contributed by atoms with E-state index in [0.29, 0.717) is 11.5 Å². The molecule has 3 N–H and O–H groups in total. The molecule has 2 aliphatic carbocycles. The zero-order valence-electron chi connectivity index (χ0n) is 17.3. The molecule has 1 saturated carbocycles. The van der Waals surface area contributed by atoms with Crippen molar-refractivity contribution in [3.05, 3.63) is 70.3 Å². The molecule has 4 nitrogen and oxygen atoms in total. The van der Waals surface area contributed by atoms with E-state index in [-0.39, 0.29) is 22.6 Å². The summed E-state index contributed by atoms with van der Waals surface area (Å²) in [6.45, 7) is 0. The molecule has 0 atom stereocenters. The zero-order valence-corrected chi connectivity index (χ0v) is 17.3. The predicted molar refractivity (Wildman–Crippen MR) is 120 cm³/mol. The summed E-state index contributed by atoms with van der Waals surface area (Å²) in [6.07, 6.45) is 12.5. The van der Waals surface area contributed by atoms with Gasteiger partial charge in [-0.2, -0.15) is 0 Å². The minimum absolute atomic E-state index is 0.0159. The first-order valence-corrected chi connectivity index (χ1v) is 11.1. The molecule has 0 aliphatic heterocycles. The fourth-order valence-corrected chi connectivity index (χ4v) is 4.86. The summed E-state index contributed by atoms with van der Waals surface area (Å²) >= 11 is 0. The van der Waals surface area contributed by atoms with Gasteiger partial charge in [0, 0.05) is 11.3 Å². The molecular weight excluding hydrogens is 374 g/mol. The molecule has 30 heavy (non-hydrogen) atoms. The van der Waals surface area contributed by atoms with Crippen LogP contribution >= 0.6 is 0 Å². The van der Waals surface area contributed by atoms with Crippen molar-refractivity contribution in [1.29, 1.82) is 0 Å². The maximum atomic E-state index is 13.2. The van der Waals surface area contributed by atoms with Crippen LogP contribution in [0.25, 0.3) is 5.57 Å². The Kier molecular flexibility index (Phi) is 6.03. The predicted octanol–water partition coefficient (Wildman–Crippen LogP) is 6.20. The van der Waals surface area contributed by atoms with Crippen molar-refractivity contribution in [3.8, 4) is 0 Å². The van der Waals surface area contributed by atoms with Crippen molar-refractivity contribution >= 4 is 23.0 Å². The summed E-state index contributed by atoms with van der Waals surface area (Å²) in [6, 6.07) is 11.0. The van der Waals surface area contributed by atoms with Gasteiger partial charge in [-0.3, -0.25) is 4.79 Å². The number of rotatable bonds is 5. The summed E-state index contributed by atoms with van der Waals surface area (Å²) in [4.78, 5) is 25.2. The van der Waals surface area contributed by atoms with Crippen molar-refractivity contribution in [2.24, 2.45) is 0 Å². The molecule has 0 radical (unpaired) electrons. The average Bonchev–Trinajstić information content (AvgIpc) is 2.79. The third kappa shape index (κ3) is 4.18. The van der Waals surface area contributed by atoms with E-state index in [0.717, 1.165) is 36.8 Å². The Hall–Kier alpha value is -2.88. The van der Waals surface area contributed by atoms with Crippen LogP contribution in [0.5, 0.6) is 0 Å². The number of carboxylic acid groups (broad SMARTS) is 1. The monoisotopic (exact) mass is 403 g/mol. The molecule has 0 amide bonds. The Labute approximate surface area is 177 Å². The maximum Gasteiger partial charge on any atom is 0.336 e. The van der Waals surface area contributed by atoms with Gasteiger partial charge in [-0.15, -0.1) is 0 Å². The highest BCUT2D eigenvalue weighted by Crippen LogP contribution is 2.34. The van der Waals surface area contributed by atoms with Crippen molar-refractivity contribution in [2.75, 3.05) is 5.73 Å². The number of carbonyl (C=O) groups excluding carboxylic acids is 1. The SMILES string of the molecule is Nc1cc(C2=CCCCC2)cc(C(=O)O)c1C(=O)c1ccc(C2CCCCC2)cc1. The summed E-state index contributed by atoms with van der Waals surface area (Å²) in [7, 11) is 0. The Morgan fingerprint density at radius 3 is 2.30 bits per heavy atom. The van der Waals surface area contributed by atoms with Gasteiger partial charge in [-0.1, -0.05) is 49.6 Å². The van der Waals surface area contributed by atoms with Crippen molar-refractivity contribution in [3.63, 3.8) is 0 Å². The number of nitrogens with two attached hydrogens (primary N) is 1. The van der Waals surface area contributed by atoms with Gasteiger partial charge < -0.3 is 10.8 Å². The van der Waals surface area contributed by atoms with Gasteiger partial charge in [0.15, 0.2) is 5.78 Å². The van der Waals surface area contributed by atoms with Crippen LogP contribution in [0.3, 0.4) is 0 Å². The van der Waals surface area contributed by atoms with Crippen LogP contribution in [0, 0.1) is 0 Å². The zero-order chi connectivity index (χ0) is 21.1. The fourth-order valence-electron chi connectivity index (χ4n) is 4.86. The van der Waals surface area contributed by atoms with Gasteiger partial charge in [-0.25, -0.2) is 4.79 Å². The quantitative estimate of drug-likeness (QED) is 0.460. The van der Waals surface area contributed by atoms with Gasteiger partial charge in [0.25, 0.3) is 0 Å². The largest absolute Gasteiger partial charge is 0.478 e. The van der Waals surface area contributed by atoms with E-state index in [1.807, 2.05) is 24.3 Å².